The molecule has 0 atom stereocenters. The zero-order valence-corrected chi connectivity index (χ0v) is 20.4. The number of urea groups is 1. The van der Waals surface area contributed by atoms with Crippen LogP contribution in [-0.2, 0) is 0 Å². The second-order valence-electron chi connectivity index (χ2n) is 8.65. The highest BCUT2D eigenvalue weighted by molar-refractivity contribution is 7.97. The molecule has 9 heteroatoms. The van der Waals surface area contributed by atoms with Gasteiger partial charge >= 0.3 is 6.03 Å². The van der Waals surface area contributed by atoms with Crippen LogP contribution in [0.3, 0.4) is 0 Å². The number of unbranched alkanes of at least 4 members (excludes halogenated alkanes) is 1. The first kappa shape index (κ1) is 23.0. The summed E-state index contributed by atoms with van der Waals surface area (Å²) >= 11 is 1.49. The van der Waals surface area contributed by atoms with Gasteiger partial charge in [0.05, 0.1) is 30.9 Å². The molecule has 0 saturated carbocycles. The second kappa shape index (κ2) is 10.7. The molecule has 0 unspecified atom stereocenters. The molecular formula is C25H32N4O4S. The van der Waals surface area contributed by atoms with Crippen LogP contribution in [0.15, 0.2) is 41.3 Å². The van der Waals surface area contributed by atoms with Crippen molar-refractivity contribution in [1.29, 1.82) is 0 Å². The number of nitrogens with one attached hydrogen (secondary N) is 1. The number of nitrogens with zero attached hydrogens (tertiary/aromatic N) is 3. The molecule has 0 radical (unpaired) electrons. The van der Waals surface area contributed by atoms with Crippen LogP contribution in [0.5, 0.6) is 17.2 Å². The first-order valence-electron chi connectivity index (χ1n) is 12.0. The van der Waals surface area contributed by atoms with Crippen molar-refractivity contribution in [3.63, 3.8) is 0 Å². The molecule has 1 N–H and O–H groups in total. The highest BCUT2D eigenvalue weighted by Gasteiger charge is 2.29. The van der Waals surface area contributed by atoms with Gasteiger partial charge in [-0.25, -0.2) is 4.79 Å². The summed E-state index contributed by atoms with van der Waals surface area (Å²) in [5, 5.41) is 3.02. The van der Waals surface area contributed by atoms with Gasteiger partial charge in [-0.1, -0.05) is 12.1 Å². The van der Waals surface area contributed by atoms with E-state index in [1.54, 1.807) is 7.11 Å². The molecule has 5 rings (SSSR count). The number of para-hydroxylation sites is 2. The van der Waals surface area contributed by atoms with E-state index >= 15 is 0 Å². The molecule has 3 aliphatic rings. The lowest BCUT2D eigenvalue weighted by Gasteiger charge is -2.36. The molecule has 3 aliphatic heterocycles. The van der Waals surface area contributed by atoms with E-state index < -0.39 is 0 Å². The maximum atomic E-state index is 12.7. The van der Waals surface area contributed by atoms with E-state index in [0.717, 1.165) is 68.3 Å². The van der Waals surface area contributed by atoms with Gasteiger partial charge in [0.2, 0.25) is 0 Å². The lowest BCUT2D eigenvalue weighted by Crippen LogP contribution is -2.46. The predicted octanol–water partition coefficient (Wildman–Crippen LogP) is 4.31. The number of carbonyl (C=O) groups excluding carboxylic acids is 1. The van der Waals surface area contributed by atoms with Crippen molar-refractivity contribution in [3.05, 3.63) is 36.4 Å². The molecule has 1 saturated heterocycles. The zero-order valence-electron chi connectivity index (χ0n) is 19.6. The third-order valence-electron chi connectivity index (χ3n) is 6.43. The fourth-order valence-corrected chi connectivity index (χ4v) is 5.53. The Labute approximate surface area is 205 Å². The summed E-state index contributed by atoms with van der Waals surface area (Å²) in [4.78, 5) is 18.6. The van der Waals surface area contributed by atoms with Crippen molar-refractivity contribution in [1.82, 2.24) is 9.21 Å². The average Bonchev–Trinajstić information content (AvgIpc) is 3.13. The van der Waals surface area contributed by atoms with Crippen molar-refractivity contribution >= 4 is 29.4 Å². The molecule has 0 aromatic heterocycles. The van der Waals surface area contributed by atoms with Crippen molar-refractivity contribution < 1.29 is 19.0 Å². The number of anilines is 2. The van der Waals surface area contributed by atoms with Crippen LogP contribution in [0.2, 0.25) is 0 Å². The number of ether oxygens (including phenoxy) is 3. The summed E-state index contributed by atoms with van der Waals surface area (Å²) in [5.41, 5.74) is 1.91. The maximum Gasteiger partial charge on any atom is 0.332 e. The number of carbonyl (C=O) groups is 1. The first-order valence-corrected chi connectivity index (χ1v) is 12.8. The van der Waals surface area contributed by atoms with Gasteiger partial charge in [-0.3, -0.25) is 9.21 Å². The Bertz CT molecular complexity index is 1010. The average molecular weight is 485 g/mol. The number of hydrogen-bond donors (Lipinski definition) is 1. The molecule has 0 aliphatic carbocycles. The summed E-state index contributed by atoms with van der Waals surface area (Å²) in [6.45, 7) is 7.07. The molecule has 34 heavy (non-hydrogen) atoms. The normalized spacial score (nSPS) is 18.2. The van der Waals surface area contributed by atoms with E-state index in [2.05, 4.69) is 27.2 Å². The Hall–Kier alpha value is -2.78. The molecule has 1 fully saturated rings. The minimum absolute atomic E-state index is 0.0934. The summed E-state index contributed by atoms with van der Waals surface area (Å²) in [7, 11) is 1.73. The van der Waals surface area contributed by atoms with E-state index in [1.165, 1.54) is 17.6 Å². The fraction of sp³-hybridized carbons (Fsp3) is 0.480. The Kier molecular flexibility index (Phi) is 7.20. The standard InChI is InChI=1S/C25H32N4O4S/c1-31-20-8-3-2-7-19(20)28-15-13-27(14-16-28)11-4-5-12-29-25(30)26-23-22(34-29)10-9-21-24(23)33-18-6-17-32-21/h2-3,7-10H,4-6,11-18H2,1H3,(H,26,30). The van der Waals surface area contributed by atoms with Crippen LogP contribution < -0.4 is 24.4 Å². The molecule has 2 amide bonds. The summed E-state index contributed by atoms with van der Waals surface area (Å²) < 4.78 is 18.9. The van der Waals surface area contributed by atoms with Crippen LogP contribution in [0.4, 0.5) is 16.2 Å². The van der Waals surface area contributed by atoms with Gasteiger partial charge in [0.25, 0.3) is 0 Å². The number of methoxy groups -OCH3 is 1. The molecule has 0 bridgehead atoms. The number of hydrogen-bond acceptors (Lipinski definition) is 7. The monoisotopic (exact) mass is 484 g/mol. The van der Waals surface area contributed by atoms with E-state index in [1.807, 2.05) is 28.6 Å². The Morgan fingerprint density at radius 3 is 2.65 bits per heavy atom. The highest BCUT2D eigenvalue weighted by atomic mass is 32.2. The van der Waals surface area contributed by atoms with Crippen molar-refractivity contribution in [2.45, 2.75) is 24.2 Å². The number of amides is 2. The third-order valence-corrected chi connectivity index (χ3v) is 7.53. The van der Waals surface area contributed by atoms with Gasteiger partial charge in [0, 0.05) is 39.1 Å². The van der Waals surface area contributed by atoms with E-state index in [9.17, 15) is 4.79 Å². The maximum absolute atomic E-state index is 12.7. The quantitative estimate of drug-likeness (QED) is 0.464. The lowest BCUT2D eigenvalue weighted by molar-refractivity contribution is 0.233. The number of fused-ring (bicyclic) bond motifs is 3. The van der Waals surface area contributed by atoms with Crippen LogP contribution in [-0.4, -0.2) is 74.8 Å². The molecule has 8 nitrogen and oxygen atoms in total. The fourth-order valence-electron chi connectivity index (χ4n) is 4.58. The molecule has 3 heterocycles. The molecule has 182 valence electrons. The summed E-state index contributed by atoms with van der Waals surface area (Å²) in [5.74, 6) is 2.30. The third kappa shape index (κ3) is 5.00. The number of piperazine rings is 1. The zero-order chi connectivity index (χ0) is 23.3. The van der Waals surface area contributed by atoms with Gasteiger partial charge in [-0.05, 0) is 55.6 Å². The van der Waals surface area contributed by atoms with Gasteiger partial charge in [0.1, 0.15) is 11.4 Å². The highest BCUT2D eigenvalue weighted by Crippen LogP contribution is 2.46. The minimum atomic E-state index is -0.0934. The smallest absolute Gasteiger partial charge is 0.332 e. The predicted molar refractivity (Wildman–Crippen MR) is 135 cm³/mol. The topological polar surface area (TPSA) is 66.5 Å². The van der Waals surface area contributed by atoms with Gasteiger partial charge in [0.15, 0.2) is 11.5 Å². The van der Waals surface area contributed by atoms with Gasteiger partial charge < -0.3 is 24.4 Å². The van der Waals surface area contributed by atoms with Crippen molar-refractivity contribution in [3.8, 4) is 17.2 Å². The summed E-state index contributed by atoms with van der Waals surface area (Å²) in [6.07, 6.45) is 2.87. The van der Waals surface area contributed by atoms with Crippen LogP contribution in [0, 0.1) is 0 Å². The van der Waals surface area contributed by atoms with Crippen molar-refractivity contribution in [2.75, 3.05) is 69.8 Å². The molecular weight excluding hydrogens is 452 g/mol. The van der Waals surface area contributed by atoms with E-state index in [0.29, 0.717) is 31.3 Å². The SMILES string of the molecule is COc1ccccc1N1CCN(CCCCN2Sc3ccc4c(c3NC2=O)OCCCO4)CC1. The number of rotatable bonds is 7. The molecule has 2 aromatic rings. The molecule has 0 spiro atoms. The van der Waals surface area contributed by atoms with Crippen LogP contribution >= 0.6 is 11.9 Å². The Morgan fingerprint density at radius 2 is 1.79 bits per heavy atom. The Balaban J connectivity index is 1.08. The first-order chi connectivity index (χ1) is 16.7. The van der Waals surface area contributed by atoms with Crippen molar-refractivity contribution in [2.24, 2.45) is 0 Å². The van der Waals surface area contributed by atoms with Crippen LogP contribution in [0.1, 0.15) is 19.3 Å². The minimum Gasteiger partial charge on any atom is -0.495 e. The second-order valence-corrected chi connectivity index (χ2v) is 9.71. The summed E-state index contributed by atoms with van der Waals surface area (Å²) in [6, 6.07) is 12.1. The van der Waals surface area contributed by atoms with E-state index in [-0.39, 0.29) is 6.03 Å². The number of benzene rings is 2. The van der Waals surface area contributed by atoms with E-state index in [4.69, 9.17) is 14.2 Å². The largest absolute Gasteiger partial charge is 0.495 e. The molecule has 2 aromatic carbocycles. The lowest BCUT2D eigenvalue weighted by atomic mass is 10.2. The van der Waals surface area contributed by atoms with Gasteiger partial charge in [-0.2, -0.15) is 0 Å². The van der Waals surface area contributed by atoms with Gasteiger partial charge in [-0.15, -0.1) is 0 Å². The van der Waals surface area contributed by atoms with Crippen LogP contribution in [0.25, 0.3) is 0 Å². The Morgan fingerprint density at radius 1 is 1.00 bits per heavy atom.